The van der Waals surface area contributed by atoms with E-state index < -0.39 is 11.8 Å². The minimum Gasteiger partial charge on any atom is -0.476 e. The molecule has 0 saturated carbocycles. The van der Waals surface area contributed by atoms with Crippen molar-refractivity contribution in [3.05, 3.63) is 41.7 Å². The second kappa shape index (κ2) is 4.18. The van der Waals surface area contributed by atoms with Gasteiger partial charge in [-0.1, -0.05) is 30.3 Å². The summed E-state index contributed by atoms with van der Waals surface area (Å²) in [5.74, 6) is -2.76. The van der Waals surface area contributed by atoms with Crippen LogP contribution in [0.4, 0.5) is 4.39 Å². The quantitative estimate of drug-likeness (QED) is 0.813. The molecule has 0 aromatic heterocycles. The minimum absolute atomic E-state index is 0.0411. The summed E-state index contributed by atoms with van der Waals surface area (Å²) in [6, 6.07) is 8.40. The van der Waals surface area contributed by atoms with Crippen molar-refractivity contribution >= 4 is 26.4 Å². The molecule has 1 aromatic carbocycles. The molecule has 1 N–H and O–H groups in total. The van der Waals surface area contributed by atoms with E-state index in [9.17, 15) is 9.18 Å². The average molecular weight is 245 g/mol. The lowest BCUT2D eigenvalue weighted by Gasteiger charge is -1.98. The van der Waals surface area contributed by atoms with Gasteiger partial charge >= 0.3 is 5.97 Å². The molecule has 0 bridgehead atoms. The molecular weight excluding hydrogens is 239 g/mol. The lowest BCUT2D eigenvalue weighted by molar-refractivity contribution is -0.134. The fourth-order valence-corrected chi connectivity index (χ4v) is 1.24. The minimum atomic E-state index is -1.57. The molecule has 2 nitrogen and oxygen atoms in total. The van der Waals surface area contributed by atoms with Crippen molar-refractivity contribution in [3.63, 3.8) is 0 Å². The Morgan fingerprint density at radius 1 is 1.31 bits per heavy atom. The van der Waals surface area contributed by atoms with Gasteiger partial charge in [-0.2, -0.15) is 4.39 Å². The third kappa shape index (κ3) is 2.39. The highest BCUT2D eigenvalue weighted by atomic mass is 79.9. The van der Waals surface area contributed by atoms with Crippen LogP contribution in [0.3, 0.4) is 0 Å². The number of benzene rings is 1. The maximum atomic E-state index is 12.8. The Balaban J connectivity index is 3.11. The van der Waals surface area contributed by atoms with E-state index in [0.29, 0.717) is 5.56 Å². The number of rotatable bonds is 2. The van der Waals surface area contributed by atoms with Crippen LogP contribution >= 0.6 is 15.9 Å². The van der Waals surface area contributed by atoms with Crippen molar-refractivity contribution in [2.45, 2.75) is 0 Å². The molecule has 0 heterocycles. The second-order valence-corrected chi connectivity index (χ2v) is 3.09. The Bertz CT molecular complexity index is 346. The van der Waals surface area contributed by atoms with Gasteiger partial charge in [-0.05, 0) is 21.5 Å². The number of carbonyl (C=O) groups is 1. The molecule has 0 aliphatic rings. The first-order valence-electron chi connectivity index (χ1n) is 3.47. The van der Waals surface area contributed by atoms with E-state index in [1.807, 2.05) is 0 Å². The van der Waals surface area contributed by atoms with Crippen molar-refractivity contribution < 1.29 is 14.3 Å². The van der Waals surface area contributed by atoms with E-state index in [-0.39, 0.29) is 4.48 Å². The largest absolute Gasteiger partial charge is 0.476 e. The van der Waals surface area contributed by atoms with Crippen LogP contribution in [-0.4, -0.2) is 11.1 Å². The molecule has 0 amide bonds. The maximum absolute atomic E-state index is 12.8. The lowest BCUT2D eigenvalue weighted by Crippen LogP contribution is -1.96. The first-order valence-corrected chi connectivity index (χ1v) is 4.26. The molecule has 0 atom stereocenters. The van der Waals surface area contributed by atoms with E-state index >= 15 is 0 Å². The zero-order valence-electron chi connectivity index (χ0n) is 6.50. The van der Waals surface area contributed by atoms with Gasteiger partial charge in [0.2, 0.25) is 5.83 Å². The van der Waals surface area contributed by atoms with Crippen LogP contribution in [0.1, 0.15) is 5.56 Å². The van der Waals surface area contributed by atoms with Gasteiger partial charge in [0.25, 0.3) is 0 Å². The summed E-state index contributed by atoms with van der Waals surface area (Å²) in [7, 11) is 0. The van der Waals surface area contributed by atoms with Gasteiger partial charge in [-0.3, -0.25) is 0 Å². The van der Waals surface area contributed by atoms with Gasteiger partial charge in [0, 0.05) is 0 Å². The maximum Gasteiger partial charge on any atom is 0.365 e. The normalized spacial score (nSPS) is 12.2. The topological polar surface area (TPSA) is 37.3 Å². The van der Waals surface area contributed by atoms with Crippen molar-refractivity contribution in [1.82, 2.24) is 0 Å². The third-order valence-corrected chi connectivity index (χ3v) is 2.21. The molecule has 1 rings (SSSR count). The van der Waals surface area contributed by atoms with E-state index in [1.54, 1.807) is 30.3 Å². The van der Waals surface area contributed by atoms with E-state index in [0.717, 1.165) is 0 Å². The predicted octanol–water partition coefficient (Wildman–Crippen LogP) is 2.80. The van der Waals surface area contributed by atoms with Gasteiger partial charge in [-0.25, -0.2) is 4.79 Å². The molecule has 0 unspecified atom stereocenters. The molecule has 0 aliphatic carbocycles. The fourth-order valence-electron chi connectivity index (χ4n) is 0.805. The molecule has 0 aliphatic heterocycles. The van der Waals surface area contributed by atoms with Gasteiger partial charge in [-0.15, -0.1) is 0 Å². The van der Waals surface area contributed by atoms with E-state index in [4.69, 9.17) is 5.11 Å². The highest BCUT2D eigenvalue weighted by Gasteiger charge is 2.12. The molecular formula is C9H6BrFO2. The Morgan fingerprint density at radius 3 is 2.31 bits per heavy atom. The number of aliphatic carboxylic acids is 1. The summed E-state index contributed by atoms with van der Waals surface area (Å²) >= 11 is 2.88. The van der Waals surface area contributed by atoms with Crippen LogP contribution in [0.5, 0.6) is 0 Å². The third-order valence-electron chi connectivity index (χ3n) is 1.41. The fraction of sp³-hybridized carbons (Fsp3) is 0. The molecule has 68 valence electrons. The lowest BCUT2D eigenvalue weighted by atomic mass is 10.2. The number of hydrogen-bond acceptors (Lipinski definition) is 1. The zero-order chi connectivity index (χ0) is 9.84. The van der Waals surface area contributed by atoms with Crippen LogP contribution in [-0.2, 0) is 4.79 Å². The summed E-state index contributed by atoms with van der Waals surface area (Å²) in [5.41, 5.74) is 0.502. The van der Waals surface area contributed by atoms with Gasteiger partial charge in [0.05, 0.1) is 4.48 Å². The number of halogens is 2. The molecule has 13 heavy (non-hydrogen) atoms. The molecule has 4 heteroatoms. The molecule has 1 aromatic rings. The van der Waals surface area contributed by atoms with Crippen LogP contribution in [0.25, 0.3) is 4.48 Å². The number of carboxylic acids is 1. The van der Waals surface area contributed by atoms with Crippen molar-refractivity contribution in [3.8, 4) is 0 Å². The Hall–Kier alpha value is -1.16. The first-order chi connectivity index (χ1) is 6.13. The van der Waals surface area contributed by atoms with Gasteiger partial charge in [0.1, 0.15) is 0 Å². The van der Waals surface area contributed by atoms with E-state index in [2.05, 4.69) is 15.9 Å². The summed E-state index contributed by atoms with van der Waals surface area (Å²) in [6.45, 7) is 0. The van der Waals surface area contributed by atoms with Crippen molar-refractivity contribution in [2.24, 2.45) is 0 Å². The van der Waals surface area contributed by atoms with Gasteiger partial charge in [0.15, 0.2) is 0 Å². The Labute approximate surface area is 82.8 Å². The van der Waals surface area contributed by atoms with Crippen LogP contribution in [0.2, 0.25) is 0 Å². The van der Waals surface area contributed by atoms with Crippen LogP contribution in [0.15, 0.2) is 36.2 Å². The SMILES string of the molecule is O=C(O)C(F)=C(Br)c1ccccc1. The smallest absolute Gasteiger partial charge is 0.365 e. The highest BCUT2D eigenvalue weighted by molar-refractivity contribution is 9.15. The molecule has 0 spiro atoms. The van der Waals surface area contributed by atoms with Crippen LogP contribution in [0, 0.1) is 0 Å². The van der Waals surface area contributed by atoms with E-state index in [1.165, 1.54) is 0 Å². The molecule has 0 radical (unpaired) electrons. The summed E-state index contributed by atoms with van der Waals surface area (Å²) < 4.78 is 12.8. The summed E-state index contributed by atoms with van der Waals surface area (Å²) in [6.07, 6.45) is 0. The standard InChI is InChI=1S/C9H6BrFO2/c10-7(8(11)9(12)13)6-4-2-1-3-5-6/h1-5H,(H,12,13). The van der Waals surface area contributed by atoms with Crippen LogP contribution < -0.4 is 0 Å². The van der Waals surface area contributed by atoms with Gasteiger partial charge < -0.3 is 5.11 Å². The summed E-state index contributed by atoms with van der Waals surface area (Å²) in [4.78, 5) is 10.3. The highest BCUT2D eigenvalue weighted by Crippen LogP contribution is 2.25. The Kier molecular flexibility index (Phi) is 3.19. The average Bonchev–Trinajstić information content (AvgIpc) is 2.17. The summed E-state index contributed by atoms with van der Waals surface area (Å²) in [5, 5.41) is 8.35. The first kappa shape index (κ1) is 9.92. The zero-order valence-corrected chi connectivity index (χ0v) is 8.08. The Morgan fingerprint density at radius 2 is 1.85 bits per heavy atom. The monoisotopic (exact) mass is 244 g/mol. The number of carboxylic acid groups (broad SMARTS) is 1. The predicted molar refractivity (Wildman–Crippen MR) is 51.0 cm³/mol. The second-order valence-electron chi connectivity index (χ2n) is 2.30. The van der Waals surface area contributed by atoms with Crippen molar-refractivity contribution in [2.75, 3.05) is 0 Å². The molecule has 0 saturated heterocycles. The molecule has 0 fully saturated rings. The number of hydrogen-bond donors (Lipinski definition) is 1. The van der Waals surface area contributed by atoms with Crippen molar-refractivity contribution in [1.29, 1.82) is 0 Å².